The van der Waals surface area contributed by atoms with E-state index in [9.17, 15) is 18.0 Å². The molecule has 1 aromatic rings. The lowest BCUT2D eigenvalue weighted by Gasteiger charge is -2.16. The van der Waals surface area contributed by atoms with Crippen LogP contribution in [0.3, 0.4) is 0 Å². The Kier molecular flexibility index (Phi) is 7.38. The molecule has 150 valence electrons. The van der Waals surface area contributed by atoms with Gasteiger partial charge >= 0.3 is 0 Å². The van der Waals surface area contributed by atoms with E-state index in [1.54, 1.807) is 24.0 Å². The van der Waals surface area contributed by atoms with Crippen molar-refractivity contribution in [1.82, 2.24) is 9.62 Å². The molecule has 1 heterocycles. The van der Waals surface area contributed by atoms with E-state index in [2.05, 4.69) is 17.0 Å². The molecule has 0 spiro atoms. The van der Waals surface area contributed by atoms with E-state index in [0.717, 1.165) is 12.8 Å². The molecule has 1 fully saturated rings. The van der Waals surface area contributed by atoms with E-state index in [1.807, 2.05) is 6.92 Å². The lowest BCUT2D eigenvalue weighted by molar-refractivity contribution is -0.128. The van der Waals surface area contributed by atoms with Gasteiger partial charge in [0.15, 0.2) is 0 Å². The predicted molar refractivity (Wildman–Crippen MR) is 105 cm³/mol. The minimum atomic E-state index is -3.57. The third-order valence-electron chi connectivity index (χ3n) is 4.77. The first-order valence-electron chi connectivity index (χ1n) is 9.47. The number of carbonyl (C=O) groups is 2. The summed E-state index contributed by atoms with van der Waals surface area (Å²) in [5.41, 5.74) is 0.516. The molecule has 1 saturated heterocycles. The summed E-state index contributed by atoms with van der Waals surface area (Å²) in [7, 11) is -3.57. The molecular formula is C19H29N3O4S. The summed E-state index contributed by atoms with van der Waals surface area (Å²) in [6.07, 6.45) is 2.85. The molecule has 0 radical (unpaired) electrons. The van der Waals surface area contributed by atoms with Crippen LogP contribution in [0.15, 0.2) is 29.2 Å². The van der Waals surface area contributed by atoms with Gasteiger partial charge in [0.2, 0.25) is 21.8 Å². The van der Waals surface area contributed by atoms with Gasteiger partial charge in [-0.3, -0.25) is 9.59 Å². The molecular weight excluding hydrogens is 366 g/mol. The fraction of sp³-hybridized carbons (Fsp3) is 0.579. The second-order valence-electron chi connectivity index (χ2n) is 7.04. The number of sulfonamides is 1. The van der Waals surface area contributed by atoms with Crippen molar-refractivity contribution >= 4 is 27.5 Å². The summed E-state index contributed by atoms with van der Waals surface area (Å²) in [5, 5.41) is 2.78. The van der Waals surface area contributed by atoms with Crippen molar-refractivity contribution in [3.63, 3.8) is 0 Å². The van der Waals surface area contributed by atoms with E-state index in [-0.39, 0.29) is 35.1 Å². The number of nitrogens with one attached hydrogen (secondary N) is 2. The normalized spacial score (nSPS) is 18.6. The maximum absolute atomic E-state index is 12.4. The summed E-state index contributed by atoms with van der Waals surface area (Å²) < 4.78 is 27.1. The van der Waals surface area contributed by atoms with Crippen LogP contribution in [0.2, 0.25) is 0 Å². The Morgan fingerprint density at radius 3 is 2.52 bits per heavy atom. The van der Waals surface area contributed by atoms with E-state index < -0.39 is 10.0 Å². The first kappa shape index (κ1) is 21.4. The Hall–Kier alpha value is -1.93. The maximum atomic E-state index is 12.4. The van der Waals surface area contributed by atoms with Crippen LogP contribution in [0.25, 0.3) is 0 Å². The second kappa shape index (κ2) is 9.32. The first-order chi connectivity index (χ1) is 12.8. The van der Waals surface area contributed by atoms with Gasteiger partial charge in [-0.15, -0.1) is 0 Å². The van der Waals surface area contributed by atoms with Crippen molar-refractivity contribution in [2.24, 2.45) is 5.92 Å². The largest absolute Gasteiger partial charge is 0.342 e. The number of amides is 2. The first-order valence-corrected chi connectivity index (χ1v) is 11.0. The zero-order valence-electron chi connectivity index (χ0n) is 16.2. The molecule has 1 aromatic carbocycles. The molecule has 27 heavy (non-hydrogen) atoms. The van der Waals surface area contributed by atoms with Crippen LogP contribution in [-0.2, 0) is 19.6 Å². The number of hydrogen-bond donors (Lipinski definition) is 2. The highest BCUT2D eigenvalue weighted by atomic mass is 32.2. The minimum absolute atomic E-state index is 0.0150. The van der Waals surface area contributed by atoms with Crippen LogP contribution in [0.4, 0.5) is 5.69 Å². The van der Waals surface area contributed by atoms with E-state index in [4.69, 9.17) is 0 Å². The lowest BCUT2D eigenvalue weighted by atomic mass is 10.1. The zero-order valence-corrected chi connectivity index (χ0v) is 17.0. The Balaban J connectivity index is 1.96. The van der Waals surface area contributed by atoms with Gasteiger partial charge < -0.3 is 10.2 Å². The zero-order chi connectivity index (χ0) is 20.0. The van der Waals surface area contributed by atoms with E-state index in [0.29, 0.717) is 25.2 Å². The van der Waals surface area contributed by atoms with E-state index >= 15 is 0 Å². The fourth-order valence-electron chi connectivity index (χ4n) is 2.89. The van der Waals surface area contributed by atoms with Crippen molar-refractivity contribution in [3.05, 3.63) is 24.3 Å². The van der Waals surface area contributed by atoms with E-state index in [1.165, 1.54) is 12.1 Å². The molecule has 0 saturated carbocycles. The molecule has 0 aliphatic carbocycles. The van der Waals surface area contributed by atoms with Gasteiger partial charge in [-0.1, -0.05) is 20.3 Å². The van der Waals surface area contributed by atoms with Gasteiger partial charge in [-0.2, -0.15) is 0 Å². The average Bonchev–Trinajstić information content (AvgIpc) is 3.01. The Morgan fingerprint density at radius 2 is 1.93 bits per heavy atom. The molecule has 1 aliphatic rings. The fourth-order valence-corrected chi connectivity index (χ4v) is 4.22. The molecule has 2 amide bonds. The monoisotopic (exact) mass is 395 g/mol. The molecule has 0 bridgehead atoms. The van der Waals surface area contributed by atoms with Gasteiger partial charge in [0.05, 0.1) is 10.8 Å². The number of anilines is 1. The standard InChI is InChI=1S/C19H29N3O4S/c1-4-6-11-22-13-15(12-18(22)23)19(24)20-16-7-9-17(10-8-16)27(25,26)21-14(3)5-2/h7-10,14-15,21H,4-6,11-13H2,1-3H3,(H,20,24)/t14-,15+/m0/s1. The van der Waals surface area contributed by atoms with Crippen LogP contribution in [0.5, 0.6) is 0 Å². The molecule has 7 nitrogen and oxygen atoms in total. The molecule has 0 unspecified atom stereocenters. The molecule has 2 N–H and O–H groups in total. The third kappa shape index (κ3) is 5.77. The molecule has 0 aromatic heterocycles. The van der Waals surface area contributed by atoms with Crippen molar-refractivity contribution < 1.29 is 18.0 Å². The van der Waals surface area contributed by atoms with Crippen LogP contribution in [-0.4, -0.2) is 44.3 Å². The highest BCUT2D eigenvalue weighted by molar-refractivity contribution is 7.89. The number of unbranched alkanes of at least 4 members (excludes halogenated alkanes) is 1. The Bertz CT molecular complexity index is 762. The Morgan fingerprint density at radius 1 is 1.26 bits per heavy atom. The van der Waals surface area contributed by atoms with Gasteiger partial charge in [0.25, 0.3) is 0 Å². The third-order valence-corrected chi connectivity index (χ3v) is 6.37. The smallest absolute Gasteiger partial charge is 0.240 e. The van der Waals surface area contributed by atoms with Gasteiger partial charge in [0, 0.05) is 31.2 Å². The van der Waals surface area contributed by atoms with Crippen molar-refractivity contribution in [2.45, 2.75) is 57.4 Å². The van der Waals surface area contributed by atoms with Crippen LogP contribution >= 0.6 is 0 Å². The number of benzene rings is 1. The predicted octanol–water partition coefficient (Wildman–Crippen LogP) is 2.35. The van der Waals surface area contributed by atoms with Crippen molar-refractivity contribution in [3.8, 4) is 0 Å². The average molecular weight is 396 g/mol. The van der Waals surface area contributed by atoms with Gasteiger partial charge in [-0.05, 0) is 44.0 Å². The maximum Gasteiger partial charge on any atom is 0.240 e. The summed E-state index contributed by atoms with van der Waals surface area (Å²) in [5.74, 6) is -0.568. The van der Waals surface area contributed by atoms with Gasteiger partial charge in [-0.25, -0.2) is 13.1 Å². The minimum Gasteiger partial charge on any atom is -0.342 e. The lowest BCUT2D eigenvalue weighted by Crippen LogP contribution is -2.32. The molecule has 2 rings (SSSR count). The number of carbonyl (C=O) groups excluding carboxylic acids is 2. The SMILES string of the molecule is CCCCN1C[C@H](C(=O)Nc2ccc(S(=O)(=O)N[C@@H](C)CC)cc2)CC1=O. The number of nitrogens with zero attached hydrogens (tertiary/aromatic N) is 1. The summed E-state index contributed by atoms with van der Waals surface area (Å²) in [6.45, 7) is 6.90. The topological polar surface area (TPSA) is 95.6 Å². The second-order valence-corrected chi connectivity index (χ2v) is 8.75. The summed E-state index contributed by atoms with van der Waals surface area (Å²) in [4.78, 5) is 26.3. The van der Waals surface area contributed by atoms with Crippen LogP contribution < -0.4 is 10.0 Å². The van der Waals surface area contributed by atoms with Crippen LogP contribution in [0, 0.1) is 5.92 Å². The summed E-state index contributed by atoms with van der Waals surface area (Å²) >= 11 is 0. The summed E-state index contributed by atoms with van der Waals surface area (Å²) in [6, 6.07) is 5.91. The molecule has 8 heteroatoms. The van der Waals surface area contributed by atoms with Crippen molar-refractivity contribution in [1.29, 1.82) is 0 Å². The highest BCUT2D eigenvalue weighted by Gasteiger charge is 2.33. The van der Waals surface area contributed by atoms with Crippen LogP contribution in [0.1, 0.15) is 46.5 Å². The van der Waals surface area contributed by atoms with Gasteiger partial charge in [0.1, 0.15) is 0 Å². The highest BCUT2D eigenvalue weighted by Crippen LogP contribution is 2.21. The van der Waals surface area contributed by atoms with Crippen molar-refractivity contribution in [2.75, 3.05) is 18.4 Å². The number of rotatable bonds is 9. The number of likely N-dealkylation sites (tertiary alicyclic amines) is 1. The quantitative estimate of drug-likeness (QED) is 0.671. The Labute approximate surface area is 161 Å². The molecule has 1 aliphatic heterocycles. The molecule has 2 atom stereocenters. The number of hydrogen-bond acceptors (Lipinski definition) is 4.